The molecular weight excluding hydrogens is 301 g/mol. The highest BCUT2D eigenvalue weighted by Gasteiger charge is 2.28. The van der Waals surface area contributed by atoms with E-state index in [1.54, 1.807) is 10.9 Å². The first kappa shape index (κ1) is 15.8. The number of carbonyl (C=O) groups is 1. The van der Waals surface area contributed by atoms with E-state index in [9.17, 15) is 18.0 Å². The molecule has 1 amide bonds. The highest BCUT2D eigenvalue weighted by Crippen LogP contribution is 2.17. The first-order valence-corrected chi connectivity index (χ1v) is 6.38. The van der Waals surface area contributed by atoms with Gasteiger partial charge >= 0.3 is 6.18 Å². The number of hydrogen-bond acceptors (Lipinski definition) is 4. The van der Waals surface area contributed by atoms with Gasteiger partial charge < -0.3 is 10.1 Å². The summed E-state index contributed by atoms with van der Waals surface area (Å²) in [6.45, 7) is 1.07. The Balaban J connectivity index is 2.03. The average Bonchev–Trinajstić information content (AvgIpc) is 2.92. The van der Waals surface area contributed by atoms with Gasteiger partial charge in [-0.05, 0) is 13.0 Å². The number of aromatic nitrogens is 3. The molecule has 22 heavy (non-hydrogen) atoms. The summed E-state index contributed by atoms with van der Waals surface area (Å²) in [5.41, 5.74) is 0.416. The molecule has 0 aromatic carbocycles. The molecule has 1 N–H and O–H groups in total. The lowest BCUT2D eigenvalue weighted by atomic mass is 10.3. The summed E-state index contributed by atoms with van der Waals surface area (Å²) in [6.07, 6.45) is -1.37. The molecule has 0 aliphatic rings. The normalized spacial score (nSPS) is 11.3. The van der Waals surface area contributed by atoms with Crippen LogP contribution in [0.25, 0.3) is 0 Å². The number of alkyl halides is 3. The maximum Gasteiger partial charge on any atom is 0.422 e. The summed E-state index contributed by atoms with van der Waals surface area (Å²) >= 11 is 0. The van der Waals surface area contributed by atoms with Crippen molar-refractivity contribution < 1.29 is 22.7 Å². The summed E-state index contributed by atoms with van der Waals surface area (Å²) in [5, 5.41) is 6.54. The van der Waals surface area contributed by atoms with Crippen LogP contribution in [0.5, 0.6) is 5.88 Å². The lowest BCUT2D eigenvalue weighted by molar-refractivity contribution is -0.154. The minimum absolute atomic E-state index is 0.0519. The molecule has 2 rings (SSSR count). The van der Waals surface area contributed by atoms with Crippen LogP contribution in [0.3, 0.4) is 0 Å². The van der Waals surface area contributed by atoms with Gasteiger partial charge in [-0.15, -0.1) is 0 Å². The molecule has 6 nitrogen and oxygen atoms in total. The monoisotopic (exact) mass is 314 g/mol. The van der Waals surface area contributed by atoms with Crippen LogP contribution >= 0.6 is 0 Å². The van der Waals surface area contributed by atoms with E-state index >= 15 is 0 Å². The van der Waals surface area contributed by atoms with Gasteiger partial charge in [-0.25, -0.2) is 4.98 Å². The van der Waals surface area contributed by atoms with Crippen molar-refractivity contribution in [3.8, 4) is 5.88 Å². The number of rotatable bonds is 5. The number of anilines is 1. The lowest BCUT2D eigenvalue weighted by Gasteiger charge is -2.09. The van der Waals surface area contributed by atoms with Crippen molar-refractivity contribution in [2.75, 3.05) is 11.9 Å². The van der Waals surface area contributed by atoms with Gasteiger partial charge in [0.15, 0.2) is 6.61 Å². The van der Waals surface area contributed by atoms with E-state index in [4.69, 9.17) is 0 Å². The molecule has 0 saturated carbocycles. The topological polar surface area (TPSA) is 69.0 Å². The SMILES string of the molecule is CCn1cc(NC(=O)c2cccc(OCC(F)(F)F)n2)cn1. The number of aryl methyl sites for hydroxylation is 1. The maximum atomic E-state index is 12.1. The second kappa shape index (κ2) is 6.46. The molecule has 0 unspecified atom stereocenters. The number of pyridine rings is 1. The zero-order chi connectivity index (χ0) is 16.2. The molecule has 2 heterocycles. The summed E-state index contributed by atoms with van der Waals surface area (Å²) in [5.74, 6) is -0.831. The predicted octanol–water partition coefficient (Wildman–Crippen LogP) is 2.49. The third-order valence-electron chi connectivity index (χ3n) is 2.56. The van der Waals surface area contributed by atoms with Gasteiger partial charge in [0.05, 0.1) is 11.9 Å². The van der Waals surface area contributed by atoms with Crippen molar-refractivity contribution in [1.82, 2.24) is 14.8 Å². The molecule has 0 saturated heterocycles. The fourth-order valence-corrected chi connectivity index (χ4v) is 1.57. The Bertz CT molecular complexity index is 655. The van der Waals surface area contributed by atoms with E-state index in [1.807, 2.05) is 6.92 Å². The number of halogens is 3. The molecule has 9 heteroatoms. The molecule has 0 aliphatic carbocycles. The molecule has 0 fully saturated rings. The van der Waals surface area contributed by atoms with E-state index in [-0.39, 0.29) is 11.6 Å². The molecule has 118 valence electrons. The molecule has 0 atom stereocenters. The Kier molecular flexibility index (Phi) is 4.64. The van der Waals surface area contributed by atoms with Crippen LogP contribution in [0.4, 0.5) is 18.9 Å². The molecule has 0 aliphatic heterocycles. The zero-order valence-electron chi connectivity index (χ0n) is 11.6. The molecule has 2 aromatic rings. The number of ether oxygens (including phenoxy) is 1. The first-order valence-electron chi connectivity index (χ1n) is 6.38. The van der Waals surface area contributed by atoms with Crippen LogP contribution in [-0.2, 0) is 6.54 Å². The van der Waals surface area contributed by atoms with Crippen molar-refractivity contribution in [2.45, 2.75) is 19.6 Å². The minimum atomic E-state index is -4.46. The number of carbonyl (C=O) groups excluding carboxylic acids is 1. The zero-order valence-corrected chi connectivity index (χ0v) is 11.6. The van der Waals surface area contributed by atoms with Crippen LogP contribution in [-0.4, -0.2) is 33.5 Å². The Morgan fingerprint density at radius 2 is 2.18 bits per heavy atom. The first-order chi connectivity index (χ1) is 10.4. The quantitative estimate of drug-likeness (QED) is 0.920. The van der Waals surface area contributed by atoms with Crippen LogP contribution < -0.4 is 10.1 Å². The average molecular weight is 314 g/mol. The standard InChI is InChI=1S/C13H13F3N4O2/c1-2-20-7-9(6-17-20)18-12(21)10-4-3-5-11(19-10)22-8-13(14,15)16/h3-7H,2,8H2,1H3,(H,18,21). The highest BCUT2D eigenvalue weighted by atomic mass is 19.4. The van der Waals surface area contributed by atoms with Crippen molar-refractivity contribution in [1.29, 1.82) is 0 Å². The van der Waals surface area contributed by atoms with E-state index in [0.717, 1.165) is 0 Å². The minimum Gasteiger partial charge on any atom is -0.468 e. The number of nitrogens with zero attached hydrogens (tertiary/aromatic N) is 3. The van der Waals surface area contributed by atoms with Crippen LogP contribution in [0.2, 0.25) is 0 Å². The van der Waals surface area contributed by atoms with Crippen molar-refractivity contribution in [3.63, 3.8) is 0 Å². The molecule has 0 spiro atoms. The van der Waals surface area contributed by atoms with Gasteiger partial charge in [-0.2, -0.15) is 18.3 Å². The van der Waals surface area contributed by atoms with Gasteiger partial charge in [-0.3, -0.25) is 9.48 Å². The molecule has 2 aromatic heterocycles. The Hall–Kier alpha value is -2.58. The van der Waals surface area contributed by atoms with Crippen LogP contribution in [0.1, 0.15) is 17.4 Å². The van der Waals surface area contributed by atoms with Gasteiger partial charge in [-0.1, -0.05) is 6.07 Å². The predicted molar refractivity (Wildman–Crippen MR) is 71.6 cm³/mol. The lowest BCUT2D eigenvalue weighted by Crippen LogP contribution is -2.20. The largest absolute Gasteiger partial charge is 0.468 e. The highest BCUT2D eigenvalue weighted by molar-refractivity contribution is 6.02. The molecular formula is C13H13F3N4O2. The van der Waals surface area contributed by atoms with Gasteiger partial charge in [0.25, 0.3) is 5.91 Å². The van der Waals surface area contributed by atoms with E-state index in [1.165, 1.54) is 24.4 Å². The van der Waals surface area contributed by atoms with Gasteiger partial charge in [0.1, 0.15) is 5.69 Å². The second-order valence-electron chi connectivity index (χ2n) is 4.30. The van der Waals surface area contributed by atoms with Gasteiger partial charge in [0, 0.05) is 18.8 Å². The van der Waals surface area contributed by atoms with Crippen molar-refractivity contribution >= 4 is 11.6 Å². The second-order valence-corrected chi connectivity index (χ2v) is 4.30. The van der Waals surface area contributed by atoms with Crippen molar-refractivity contribution in [3.05, 3.63) is 36.3 Å². The smallest absolute Gasteiger partial charge is 0.422 e. The fraction of sp³-hybridized carbons (Fsp3) is 0.308. The summed E-state index contributed by atoms with van der Waals surface area (Å²) in [6, 6.07) is 4.01. The summed E-state index contributed by atoms with van der Waals surface area (Å²) < 4.78 is 42.4. The fourth-order valence-electron chi connectivity index (χ4n) is 1.57. The van der Waals surface area contributed by atoms with E-state index < -0.39 is 18.7 Å². The van der Waals surface area contributed by atoms with Gasteiger partial charge in [0.2, 0.25) is 5.88 Å². The third kappa shape index (κ3) is 4.47. The summed E-state index contributed by atoms with van der Waals surface area (Å²) in [4.78, 5) is 15.7. The van der Waals surface area contributed by atoms with E-state index in [0.29, 0.717) is 12.2 Å². The Morgan fingerprint density at radius 3 is 2.82 bits per heavy atom. The maximum absolute atomic E-state index is 12.1. The molecule has 0 bridgehead atoms. The summed E-state index contributed by atoms with van der Waals surface area (Å²) in [7, 11) is 0. The van der Waals surface area contributed by atoms with E-state index in [2.05, 4.69) is 20.1 Å². The Labute approximate surface area is 123 Å². The van der Waals surface area contributed by atoms with Crippen LogP contribution in [0, 0.1) is 0 Å². The number of hydrogen-bond donors (Lipinski definition) is 1. The number of amides is 1. The number of nitrogens with one attached hydrogen (secondary N) is 1. The van der Waals surface area contributed by atoms with Crippen LogP contribution in [0.15, 0.2) is 30.6 Å². The van der Waals surface area contributed by atoms with Crippen molar-refractivity contribution in [2.24, 2.45) is 0 Å². The third-order valence-corrected chi connectivity index (χ3v) is 2.56. The molecule has 0 radical (unpaired) electrons. The Morgan fingerprint density at radius 1 is 1.41 bits per heavy atom.